The largest absolute Gasteiger partial charge is 0.349 e. The van der Waals surface area contributed by atoms with Gasteiger partial charge < -0.3 is 9.88 Å². The molecule has 7 heteroatoms. The number of imidazole rings is 1. The lowest BCUT2D eigenvalue weighted by Crippen LogP contribution is -2.33. The summed E-state index contributed by atoms with van der Waals surface area (Å²) in [4.78, 5) is 16.3. The minimum absolute atomic E-state index is 0.0410. The van der Waals surface area contributed by atoms with Gasteiger partial charge in [0, 0.05) is 18.1 Å². The van der Waals surface area contributed by atoms with Crippen LogP contribution in [0.5, 0.6) is 0 Å². The number of nitrogens with one attached hydrogen (secondary N) is 1. The van der Waals surface area contributed by atoms with Crippen LogP contribution in [-0.4, -0.2) is 35.4 Å². The number of rotatable bonds is 4. The molecule has 2 aromatic rings. The third kappa shape index (κ3) is 3.61. The molecule has 1 amide bonds. The Hall–Kier alpha value is -2.15. The number of nitrogens with zero attached hydrogens (tertiary/aromatic N) is 2. The zero-order chi connectivity index (χ0) is 16.4. The fourth-order valence-corrected chi connectivity index (χ4v) is 4.52. The summed E-state index contributed by atoms with van der Waals surface area (Å²) in [5, 5.41) is 2.92. The maximum atomic E-state index is 12.2. The van der Waals surface area contributed by atoms with Crippen molar-refractivity contribution in [3.8, 4) is 5.69 Å². The third-order valence-corrected chi connectivity index (χ3v) is 5.90. The van der Waals surface area contributed by atoms with E-state index in [9.17, 15) is 13.2 Å². The summed E-state index contributed by atoms with van der Waals surface area (Å²) in [6.45, 7) is 1.90. The number of amides is 1. The van der Waals surface area contributed by atoms with Crippen LogP contribution in [0.3, 0.4) is 0 Å². The lowest BCUT2D eigenvalue weighted by molar-refractivity contribution is -0.124. The summed E-state index contributed by atoms with van der Waals surface area (Å²) in [5.41, 5.74) is 1.93. The molecule has 3 rings (SSSR count). The van der Waals surface area contributed by atoms with E-state index >= 15 is 0 Å². The lowest BCUT2D eigenvalue weighted by atomic mass is 10.0. The Labute approximate surface area is 135 Å². The van der Waals surface area contributed by atoms with Crippen LogP contribution in [0.15, 0.2) is 43.0 Å². The van der Waals surface area contributed by atoms with Crippen molar-refractivity contribution in [1.29, 1.82) is 0 Å². The molecule has 2 atom stereocenters. The lowest BCUT2D eigenvalue weighted by Gasteiger charge is -2.17. The molecule has 1 aliphatic rings. The minimum atomic E-state index is -3.05. The molecule has 0 radical (unpaired) electrons. The first-order valence-corrected chi connectivity index (χ1v) is 9.36. The summed E-state index contributed by atoms with van der Waals surface area (Å²) >= 11 is 0. The van der Waals surface area contributed by atoms with Gasteiger partial charge in [0.1, 0.15) is 0 Å². The van der Waals surface area contributed by atoms with Crippen molar-refractivity contribution in [2.45, 2.75) is 19.4 Å². The first-order valence-electron chi connectivity index (χ1n) is 7.54. The SMILES string of the molecule is C[C@@H](NC(=O)[C@H]1CCS(=O)(=O)C1)c1cccc(-n2ccnc2)c1. The van der Waals surface area contributed by atoms with Gasteiger partial charge in [-0.2, -0.15) is 0 Å². The van der Waals surface area contributed by atoms with Crippen molar-refractivity contribution < 1.29 is 13.2 Å². The van der Waals surface area contributed by atoms with Gasteiger partial charge in [-0.25, -0.2) is 13.4 Å². The molecule has 1 aromatic carbocycles. The highest BCUT2D eigenvalue weighted by atomic mass is 32.2. The second-order valence-corrected chi connectivity index (χ2v) is 8.12. The van der Waals surface area contributed by atoms with Crippen LogP contribution in [0.25, 0.3) is 5.69 Å². The predicted molar refractivity (Wildman–Crippen MR) is 86.9 cm³/mol. The van der Waals surface area contributed by atoms with Crippen molar-refractivity contribution in [2.75, 3.05) is 11.5 Å². The third-order valence-electron chi connectivity index (χ3n) is 4.13. The average Bonchev–Trinajstić information content (AvgIpc) is 3.16. The number of benzene rings is 1. The van der Waals surface area contributed by atoms with Crippen molar-refractivity contribution in [3.63, 3.8) is 0 Å². The molecule has 23 heavy (non-hydrogen) atoms. The van der Waals surface area contributed by atoms with E-state index in [4.69, 9.17) is 0 Å². The summed E-state index contributed by atoms with van der Waals surface area (Å²) in [7, 11) is -3.05. The first-order chi connectivity index (χ1) is 10.9. The van der Waals surface area contributed by atoms with Crippen LogP contribution in [0.2, 0.25) is 0 Å². The normalized spacial score (nSPS) is 21.0. The maximum absolute atomic E-state index is 12.2. The maximum Gasteiger partial charge on any atom is 0.224 e. The molecule has 1 aliphatic heterocycles. The second-order valence-electron chi connectivity index (χ2n) is 5.90. The number of hydrogen-bond acceptors (Lipinski definition) is 4. The smallest absolute Gasteiger partial charge is 0.224 e. The van der Waals surface area contributed by atoms with Gasteiger partial charge in [0.15, 0.2) is 9.84 Å². The second kappa shape index (κ2) is 6.16. The zero-order valence-corrected chi connectivity index (χ0v) is 13.7. The van der Waals surface area contributed by atoms with Crippen LogP contribution in [0.1, 0.15) is 24.9 Å². The fraction of sp³-hybridized carbons (Fsp3) is 0.375. The van der Waals surface area contributed by atoms with Crippen LogP contribution in [-0.2, 0) is 14.6 Å². The molecule has 0 aliphatic carbocycles. The topological polar surface area (TPSA) is 81.1 Å². The molecule has 1 saturated heterocycles. The monoisotopic (exact) mass is 333 g/mol. The molecule has 0 spiro atoms. The van der Waals surface area contributed by atoms with Crippen molar-refractivity contribution in [2.24, 2.45) is 5.92 Å². The molecule has 1 aromatic heterocycles. The highest BCUT2D eigenvalue weighted by Crippen LogP contribution is 2.21. The molecule has 6 nitrogen and oxygen atoms in total. The zero-order valence-electron chi connectivity index (χ0n) is 12.8. The number of sulfone groups is 1. The Balaban J connectivity index is 1.70. The average molecular weight is 333 g/mol. The number of carbonyl (C=O) groups is 1. The van der Waals surface area contributed by atoms with Gasteiger partial charge in [0.05, 0.1) is 29.8 Å². The van der Waals surface area contributed by atoms with E-state index in [-0.39, 0.29) is 23.5 Å². The van der Waals surface area contributed by atoms with Gasteiger partial charge in [-0.15, -0.1) is 0 Å². The number of hydrogen-bond donors (Lipinski definition) is 1. The highest BCUT2D eigenvalue weighted by Gasteiger charge is 2.33. The van der Waals surface area contributed by atoms with Crippen LogP contribution in [0.4, 0.5) is 0 Å². The van der Waals surface area contributed by atoms with E-state index in [0.29, 0.717) is 6.42 Å². The van der Waals surface area contributed by atoms with E-state index in [1.54, 1.807) is 12.5 Å². The molecule has 122 valence electrons. The highest BCUT2D eigenvalue weighted by molar-refractivity contribution is 7.91. The van der Waals surface area contributed by atoms with E-state index in [1.807, 2.05) is 42.0 Å². The Morgan fingerprint density at radius 1 is 1.43 bits per heavy atom. The quantitative estimate of drug-likeness (QED) is 0.919. The van der Waals surface area contributed by atoms with Crippen LogP contribution < -0.4 is 5.32 Å². The summed E-state index contributed by atoms with van der Waals surface area (Å²) in [6.07, 6.45) is 5.69. The number of carbonyl (C=O) groups excluding carboxylic acids is 1. The number of aromatic nitrogens is 2. The summed E-state index contributed by atoms with van der Waals surface area (Å²) < 4.78 is 24.9. The Bertz CT molecular complexity index is 800. The molecular formula is C16H19N3O3S. The van der Waals surface area contributed by atoms with Gasteiger partial charge >= 0.3 is 0 Å². The van der Waals surface area contributed by atoms with E-state index in [2.05, 4.69) is 10.3 Å². The van der Waals surface area contributed by atoms with Gasteiger partial charge in [-0.3, -0.25) is 4.79 Å². The van der Waals surface area contributed by atoms with Crippen molar-refractivity contribution >= 4 is 15.7 Å². The standard InChI is InChI=1S/C16H19N3O3S/c1-12(18-16(20)14-5-8-23(21,22)10-14)13-3-2-4-15(9-13)19-7-6-17-11-19/h2-4,6-7,9,11-12,14H,5,8,10H2,1H3,(H,18,20)/t12-,14+/m1/s1. The molecule has 1 N–H and O–H groups in total. The molecule has 1 fully saturated rings. The first kappa shape index (κ1) is 15.7. The Morgan fingerprint density at radius 2 is 2.26 bits per heavy atom. The summed E-state index contributed by atoms with van der Waals surface area (Å²) in [6, 6.07) is 7.63. The van der Waals surface area contributed by atoms with E-state index < -0.39 is 15.8 Å². The van der Waals surface area contributed by atoms with Gasteiger partial charge in [0.25, 0.3) is 0 Å². The van der Waals surface area contributed by atoms with E-state index in [1.165, 1.54) is 0 Å². The van der Waals surface area contributed by atoms with Gasteiger partial charge in [-0.1, -0.05) is 12.1 Å². The minimum Gasteiger partial charge on any atom is -0.349 e. The van der Waals surface area contributed by atoms with Gasteiger partial charge in [0.2, 0.25) is 5.91 Å². The molecule has 0 unspecified atom stereocenters. The molecular weight excluding hydrogens is 314 g/mol. The van der Waals surface area contributed by atoms with Crippen LogP contribution in [0, 0.1) is 5.92 Å². The Kier molecular flexibility index (Phi) is 4.21. The molecule has 0 bridgehead atoms. The fourth-order valence-electron chi connectivity index (χ4n) is 2.78. The predicted octanol–water partition coefficient (Wildman–Crippen LogP) is 1.48. The molecule has 0 saturated carbocycles. The van der Waals surface area contributed by atoms with Crippen molar-refractivity contribution in [3.05, 3.63) is 48.5 Å². The van der Waals surface area contributed by atoms with Crippen LogP contribution >= 0.6 is 0 Å². The van der Waals surface area contributed by atoms with Gasteiger partial charge in [-0.05, 0) is 31.0 Å². The van der Waals surface area contributed by atoms with E-state index in [0.717, 1.165) is 11.3 Å². The van der Waals surface area contributed by atoms with Crippen molar-refractivity contribution in [1.82, 2.24) is 14.9 Å². The Morgan fingerprint density at radius 3 is 2.91 bits per heavy atom. The molecule has 2 heterocycles. The summed E-state index contributed by atoms with van der Waals surface area (Å²) in [5.74, 6) is -0.554.